The molecule has 11 rings (SSSR count). The number of aromatic nitrogens is 2. The summed E-state index contributed by atoms with van der Waals surface area (Å²) in [4.78, 5) is 0. The second kappa shape index (κ2) is 8.31. The number of benzene rings is 7. The average Bonchev–Trinajstić information content (AvgIpc) is 3.75. The Labute approximate surface area is 256 Å². The quantitative estimate of drug-likeness (QED) is 0.192. The number of rotatable bonds is 1. The summed E-state index contributed by atoms with van der Waals surface area (Å²) in [5, 5.41) is 9.74. The minimum Gasteiger partial charge on any atom is -0.455 e. The van der Waals surface area contributed by atoms with Gasteiger partial charge >= 0.3 is 0 Å². The standard InChI is InChI=1S/C42H24N2O/c1-4-18-35-27(11-1)30-15-10-16-31-34-24-25(26-14-9-17-32-29-13-3-8-22-39(29)45-42(26)32)23-33-28-12-2-5-19-36(28)44(41(33)34)38-21-7-6-20-37(38)43(35)40(30)31/h1-24H. The number of hydrogen-bond acceptors (Lipinski definition) is 1. The Morgan fingerprint density at radius 1 is 0.356 bits per heavy atom. The Balaban J connectivity index is 1.46. The van der Waals surface area contributed by atoms with Crippen molar-refractivity contribution in [1.82, 2.24) is 8.80 Å². The highest BCUT2D eigenvalue weighted by atomic mass is 16.3. The molecule has 0 bridgehead atoms. The molecule has 0 radical (unpaired) electrons. The van der Waals surface area contributed by atoms with Crippen LogP contribution in [-0.4, -0.2) is 8.80 Å². The topological polar surface area (TPSA) is 22.0 Å². The summed E-state index contributed by atoms with van der Waals surface area (Å²) in [6.07, 6.45) is 0. The fourth-order valence-corrected chi connectivity index (χ4v) is 8.01. The Hall–Kier alpha value is -6.06. The van der Waals surface area contributed by atoms with Gasteiger partial charge in [-0.05, 0) is 48.0 Å². The van der Waals surface area contributed by atoms with Crippen LogP contribution < -0.4 is 0 Å². The minimum absolute atomic E-state index is 0.915. The van der Waals surface area contributed by atoms with Gasteiger partial charge in [0, 0.05) is 48.7 Å². The van der Waals surface area contributed by atoms with E-state index in [4.69, 9.17) is 4.42 Å². The first kappa shape index (κ1) is 23.4. The summed E-state index contributed by atoms with van der Waals surface area (Å²) >= 11 is 0. The predicted molar refractivity (Wildman–Crippen MR) is 189 cm³/mol. The third-order valence-corrected chi connectivity index (χ3v) is 9.83. The smallest absolute Gasteiger partial charge is 0.143 e. The van der Waals surface area contributed by atoms with Crippen LogP contribution in [0.2, 0.25) is 0 Å². The second-order valence-corrected chi connectivity index (χ2v) is 12.1. The van der Waals surface area contributed by atoms with Gasteiger partial charge in [0.1, 0.15) is 11.2 Å². The van der Waals surface area contributed by atoms with Crippen molar-refractivity contribution in [2.75, 3.05) is 0 Å². The lowest BCUT2D eigenvalue weighted by atomic mass is 9.97. The van der Waals surface area contributed by atoms with Gasteiger partial charge in [-0.3, -0.25) is 0 Å². The van der Waals surface area contributed by atoms with Crippen molar-refractivity contribution < 1.29 is 4.42 Å². The molecule has 0 atom stereocenters. The Morgan fingerprint density at radius 3 is 1.53 bits per heavy atom. The molecule has 3 nitrogen and oxygen atoms in total. The fraction of sp³-hybridized carbons (Fsp3) is 0. The van der Waals surface area contributed by atoms with Crippen molar-refractivity contribution in [2.45, 2.75) is 0 Å². The highest BCUT2D eigenvalue weighted by Gasteiger charge is 2.21. The Morgan fingerprint density at radius 2 is 0.822 bits per heavy atom. The van der Waals surface area contributed by atoms with Crippen LogP contribution in [-0.2, 0) is 0 Å². The van der Waals surface area contributed by atoms with Crippen LogP contribution in [0.25, 0.3) is 98.5 Å². The van der Waals surface area contributed by atoms with Crippen molar-refractivity contribution in [3.63, 3.8) is 0 Å². The van der Waals surface area contributed by atoms with Crippen LogP contribution in [0.4, 0.5) is 0 Å². The predicted octanol–water partition coefficient (Wildman–Crippen LogP) is 11.5. The van der Waals surface area contributed by atoms with Crippen molar-refractivity contribution in [3.05, 3.63) is 146 Å². The molecule has 0 unspecified atom stereocenters. The van der Waals surface area contributed by atoms with Crippen molar-refractivity contribution >= 4 is 87.4 Å². The molecule has 0 fully saturated rings. The van der Waals surface area contributed by atoms with Crippen molar-refractivity contribution in [3.8, 4) is 11.1 Å². The molecule has 0 amide bonds. The first-order valence-electron chi connectivity index (χ1n) is 15.5. The molecule has 0 saturated carbocycles. The molecule has 0 spiro atoms. The molecular weight excluding hydrogens is 548 g/mol. The van der Waals surface area contributed by atoms with Crippen LogP contribution in [0.15, 0.2) is 150 Å². The summed E-state index contributed by atoms with van der Waals surface area (Å²) < 4.78 is 11.5. The average molecular weight is 573 g/mol. The van der Waals surface area contributed by atoms with Gasteiger partial charge in [-0.25, -0.2) is 0 Å². The zero-order valence-electron chi connectivity index (χ0n) is 24.2. The number of fused-ring (bicyclic) bond motifs is 13. The maximum Gasteiger partial charge on any atom is 0.143 e. The first-order chi connectivity index (χ1) is 22.3. The van der Waals surface area contributed by atoms with Gasteiger partial charge < -0.3 is 13.2 Å². The van der Waals surface area contributed by atoms with Crippen LogP contribution in [0.3, 0.4) is 0 Å². The molecule has 0 aliphatic rings. The summed E-state index contributed by atoms with van der Waals surface area (Å²) in [5.74, 6) is 0. The lowest BCUT2D eigenvalue weighted by Gasteiger charge is -2.12. The van der Waals surface area contributed by atoms with Gasteiger partial charge in [0.25, 0.3) is 0 Å². The van der Waals surface area contributed by atoms with E-state index in [1.165, 1.54) is 65.4 Å². The van der Waals surface area contributed by atoms with Crippen LogP contribution >= 0.6 is 0 Å². The lowest BCUT2D eigenvalue weighted by Crippen LogP contribution is -1.94. The molecule has 3 heteroatoms. The third-order valence-electron chi connectivity index (χ3n) is 9.83. The summed E-state index contributed by atoms with van der Waals surface area (Å²) in [6, 6.07) is 52.9. The van der Waals surface area contributed by atoms with E-state index >= 15 is 0 Å². The highest BCUT2D eigenvalue weighted by molar-refractivity contribution is 6.26. The van der Waals surface area contributed by atoms with Gasteiger partial charge in [0.15, 0.2) is 0 Å². The van der Waals surface area contributed by atoms with Gasteiger partial charge in [-0.1, -0.05) is 103 Å². The molecule has 45 heavy (non-hydrogen) atoms. The van der Waals surface area contributed by atoms with E-state index in [1.54, 1.807) is 0 Å². The molecule has 0 aliphatic heterocycles. The lowest BCUT2D eigenvalue weighted by molar-refractivity contribution is 0.670. The van der Waals surface area contributed by atoms with Crippen molar-refractivity contribution in [2.24, 2.45) is 0 Å². The molecule has 4 heterocycles. The summed E-state index contributed by atoms with van der Waals surface area (Å²) in [7, 11) is 0. The normalized spacial score (nSPS) is 12.4. The van der Waals surface area contributed by atoms with Gasteiger partial charge in [0.05, 0.1) is 33.1 Å². The van der Waals surface area contributed by atoms with E-state index in [2.05, 4.69) is 148 Å². The molecule has 4 aromatic heterocycles. The second-order valence-electron chi connectivity index (χ2n) is 12.1. The van der Waals surface area contributed by atoms with E-state index in [-0.39, 0.29) is 0 Å². The number of para-hydroxylation sites is 7. The van der Waals surface area contributed by atoms with E-state index in [9.17, 15) is 0 Å². The zero-order chi connectivity index (χ0) is 29.2. The maximum absolute atomic E-state index is 6.57. The van der Waals surface area contributed by atoms with Crippen LogP contribution in [0, 0.1) is 0 Å². The highest BCUT2D eigenvalue weighted by Crippen LogP contribution is 2.44. The van der Waals surface area contributed by atoms with Crippen molar-refractivity contribution in [1.29, 1.82) is 0 Å². The van der Waals surface area contributed by atoms with E-state index in [0.717, 1.165) is 33.1 Å². The van der Waals surface area contributed by atoms with Gasteiger partial charge in [-0.15, -0.1) is 0 Å². The molecule has 0 N–H and O–H groups in total. The van der Waals surface area contributed by atoms with Gasteiger partial charge in [0.2, 0.25) is 0 Å². The number of nitrogens with zero attached hydrogens (tertiary/aromatic N) is 2. The molecule has 0 aliphatic carbocycles. The molecule has 0 saturated heterocycles. The largest absolute Gasteiger partial charge is 0.455 e. The summed E-state index contributed by atoms with van der Waals surface area (Å²) in [6.45, 7) is 0. The summed E-state index contributed by atoms with van der Waals surface area (Å²) in [5.41, 5.74) is 11.3. The minimum atomic E-state index is 0.915. The van der Waals surface area contributed by atoms with E-state index in [1.807, 2.05) is 6.07 Å². The maximum atomic E-state index is 6.57. The monoisotopic (exact) mass is 572 g/mol. The van der Waals surface area contributed by atoms with Crippen LogP contribution in [0.5, 0.6) is 0 Å². The Kier molecular flexibility index (Phi) is 4.32. The van der Waals surface area contributed by atoms with Gasteiger partial charge in [-0.2, -0.15) is 0 Å². The van der Waals surface area contributed by atoms with E-state index < -0.39 is 0 Å². The molecule has 7 aromatic carbocycles. The molecular formula is C42H24N2O. The SMILES string of the molecule is c1ccc2c(c1)oc1c(-c3cc4c5ccccc5n5c6ccccc6n6c7ccccc7c7cccc(c(c3)c45)c76)cccc12. The van der Waals surface area contributed by atoms with Crippen LogP contribution in [0.1, 0.15) is 0 Å². The molecule has 11 aromatic rings. The zero-order valence-corrected chi connectivity index (χ0v) is 24.2. The number of furan rings is 1. The fourth-order valence-electron chi connectivity index (χ4n) is 8.01. The third kappa shape index (κ3) is 2.90. The molecule has 208 valence electrons. The van der Waals surface area contributed by atoms with E-state index in [0.29, 0.717) is 0 Å². The number of hydrogen-bond donors (Lipinski definition) is 0. The Bertz CT molecular complexity index is 3040. The first-order valence-corrected chi connectivity index (χ1v) is 15.5.